The van der Waals surface area contributed by atoms with E-state index in [1.807, 2.05) is 13.0 Å². The quantitative estimate of drug-likeness (QED) is 0.591. The molecule has 0 aliphatic carbocycles. The van der Waals surface area contributed by atoms with Crippen molar-refractivity contribution in [1.29, 1.82) is 0 Å². The predicted octanol–water partition coefficient (Wildman–Crippen LogP) is 4.29. The molecular weight excluding hydrogens is 340 g/mol. The van der Waals surface area contributed by atoms with Gasteiger partial charge in [0.1, 0.15) is 11.5 Å². The zero-order valence-corrected chi connectivity index (χ0v) is 15.3. The third kappa shape index (κ3) is 5.22. The zero-order valence-electron chi connectivity index (χ0n) is 14.5. The van der Waals surface area contributed by atoms with Gasteiger partial charge in [-0.25, -0.2) is 5.43 Å². The van der Waals surface area contributed by atoms with Crippen molar-refractivity contribution < 1.29 is 14.3 Å². The first kappa shape index (κ1) is 18.8. The molecule has 0 aliphatic rings. The minimum absolute atomic E-state index is 0.291. The second-order valence-electron chi connectivity index (χ2n) is 5.36. The van der Waals surface area contributed by atoms with Gasteiger partial charge in [-0.05, 0) is 61.4 Å². The van der Waals surface area contributed by atoms with Crippen LogP contribution < -0.4 is 14.9 Å². The van der Waals surface area contributed by atoms with Gasteiger partial charge in [0.25, 0.3) is 5.91 Å². The largest absolute Gasteiger partial charge is 0.495 e. The molecule has 6 heteroatoms. The van der Waals surface area contributed by atoms with Crippen LogP contribution in [0, 0.1) is 0 Å². The Bertz CT molecular complexity index is 758. The van der Waals surface area contributed by atoms with Crippen LogP contribution in [-0.2, 0) is 0 Å². The van der Waals surface area contributed by atoms with Gasteiger partial charge in [-0.15, -0.1) is 0 Å². The molecule has 0 bridgehead atoms. The van der Waals surface area contributed by atoms with E-state index in [1.165, 1.54) is 0 Å². The fourth-order valence-corrected chi connectivity index (χ4v) is 2.34. The summed E-state index contributed by atoms with van der Waals surface area (Å²) in [4.78, 5) is 12.2. The molecule has 2 rings (SSSR count). The molecule has 0 unspecified atom stereocenters. The molecule has 0 aliphatic heterocycles. The second kappa shape index (κ2) is 9.08. The molecule has 1 N–H and O–H groups in total. The number of hydrogen-bond acceptors (Lipinski definition) is 4. The van der Waals surface area contributed by atoms with Gasteiger partial charge in [-0.2, -0.15) is 5.10 Å². The first-order valence-electron chi connectivity index (χ1n) is 7.96. The topological polar surface area (TPSA) is 59.9 Å². The van der Waals surface area contributed by atoms with Gasteiger partial charge >= 0.3 is 0 Å². The van der Waals surface area contributed by atoms with E-state index in [0.29, 0.717) is 28.7 Å². The first-order chi connectivity index (χ1) is 12.0. The molecule has 132 valence electrons. The number of carbonyl (C=O) groups is 1. The van der Waals surface area contributed by atoms with Crippen LogP contribution in [0.4, 0.5) is 0 Å². The maximum atomic E-state index is 12.2. The van der Waals surface area contributed by atoms with Crippen LogP contribution >= 0.6 is 11.6 Å². The summed E-state index contributed by atoms with van der Waals surface area (Å²) in [7, 11) is 1.56. The van der Waals surface area contributed by atoms with E-state index in [1.54, 1.807) is 50.4 Å². The highest BCUT2D eigenvalue weighted by molar-refractivity contribution is 6.32. The lowest BCUT2D eigenvalue weighted by Gasteiger charge is -2.07. The minimum Gasteiger partial charge on any atom is -0.495 e. The van der Waals surface area contributed by atoms with Gasteiger partial charge in [0.2, 0.25) is 0 Å². The van der Waals surface area contributed by atoms with E-state index in [2.05, 4.69) is 10.5 Å². The number of nitrogens with zero attached hydrogens (tertiary/aromatic N) is 1. The van der Waals surface area contributed by atoms with Crippen LogP contribution in [0.5, 0.6) is 11.5 Å². The molecule has 0 saturated carbocycles. The Balaban J connectivity index is 2.02. The summed E-state index contributed by atoms with van der Waals surface area (Å²) in [5.74, 6) is 1.04. The van der Waals surface area contributed by atoms with Crippen molar-refractivity contribution in [3.63, 3.8) is 0 Å². The van der Waals surface area contributed by atoms with Gasteiger partial charge in [-0.1, -0.05) is 18.5 Å². The normalized spacial score (nSPS) is 11.1. The van der Waals surface area contributed by atoms with Gasteiger partial charge in [0.15, 0.2) is 0 Å². The molecule has 25 heavy (non-hydrogen) atoms. The smallest absolute Gasteiger partial charge is 0.271 e. The number of hydrazone groups is 1. The zero-order chi connectivity index (χ0) is 18.2. The SMILES string of the molecule is CCCOc1ccc(C(=O)N/N=C(\C)c2ccc(OC)c(Cl)c2)cc1. The minimum atomic E-state index is -0.291. The van der Waals surface area contributed by atoms with Crippen molar-refractivity contribution >= 4 is 23.2 Å². The fraction of sp³-hybridized carbons (Fsp3) is 0.263. The van der Waals surface area contributed by atoms with E-state index < -0.39 is 0 Å². The monoisotopic (exact) mass is 360 g/mol. The van der Waals surface area contributed by atoms with Crippen LogP contribution in [0.3, 0.4) is 0 Å². The van der Waals surface area contributed by atoms with E-state index >= 15 is 0 Å². The summed E-state index contributed by atoms with van der Waals surface area (Å²) in [6, 6.07) is 12.3. The third-order valence-corrected chi connectivity index (χ3v) is 3.78. The maximum Gasteiger partial charge on any atom is 0.271 e. The molecule has 0 heterocycles. The van der Waals surface area contributed by atoms with Gasteiger partial charge in [0.05, 0.1) is 24.5 Å². The van der Waals surface area contributed by atoms with Crippen molar-refractivity contribution in [2.75, 3.05) is 13.7 Å². The number of amides is 1. The number of benzene rings is 2. The molecule has 1 amide bonds. The molecule has 5 nitrogen and oxygen atoms in total. The first-order valence-corrected chi connectivity index (χ1v) is 8.34. The Morgan fingerprint density at radius 2 is 1.84 bits per heavy atom. The molecule has 0 aromatic heterocycles. The van der Waals surface area contributed by atoms with Crippen molar-refractivity contribution in [1.82, 2.24) is 5.43 Å². The van der Waals surface area contributed by atoms with Crippen LogP contribution in [-0.4, -0.2) is 25.3 Å². The molecule has 0 spiro atoms. The number of methoxy groups -OCH3 is 1. The van der Waals surface area contributed by atoms with Crippen molar-refractivity contribution in [3.8, 4) is 11.5 Å². The maximum absolute atomic E-state index is 12.2. The number of ether oxygens (including phenoxy) is 2. The molecule has 0 atom stereocenters. The van der Waals surface area contributed by atoms with Crippen LogP contribution in [0.1, 0.15) is 36.2 Å². The lowest BCUT2D eigenvalue weighted by atomic mass is 10.1. The number of hydrogen-bond donors (Lipinski definition) is 1. The van der Waals surface area contributed by atoms with Gasteiger partial charge < -0.3 is 9.47 Å². The lowest BCUT2D eigenvalue weighted by Crippen LogP contribution is -2.19. The summed E-state index contributed by atoms with van der Waals surface area (Å²) in [6.45, 7) is 4.48. The van der Waals surface area contributed by atoms with E-state index in [0.717, 1.165) is 17.7 Å². The molecule has 2 aromatic rings. The molecule has 0 saturated heterocycles. The van der Waals surface area contributed by atoms with E-state index in [9.17, 15) is 4.79 Å². The number of halogens is 1. The van der Waals surface area contributed by atoms with Crippen LogP contribution in [0.2, 0.25) is 5.02 Å². The third-order valence-electron chi connectivity index (χ3n) is 3.48. The Kier molecular flexibility index (Phi) is 6.83. The van der Waals surface area contributed by atoms with Crippen LogP contribution in [0.25, 0.3) is 0 Å². The highest BCUT2D eigenvalue weighted by Gasteiger charge is 2.07. The molecular formula is C19H21ClN2O3. The Morgan fingerprint density at radius 1 is 1.16 bits per heavy atom. The number of carbonyl (C=O) groups excluding carboxylic acids is 1. The van der Waals surface area contributed by atoms with Gasteiger partial charge in [-0.3, -0.25) is 4.79 Å². The predicted molar refractivity (Wildman–Crippen MR) is 99.9 cm³/mol. The second-order valence-corrected chi connectivity index (χ2v) is 5.77. The molecule has 0 fully saturated rings. The summed E-state index contributed by atoms with van der Waals surface area (Å²) in [6.07, 6.45) is 0.936. The van der Waals surface area contributed by atoms with E-state index in [4.69, 9.17) is 21.1 Å². The number of rotatable bonds is 7. The fourth-order valence-electron chi connectivity index (χ4n) is 2.08. The van der Waals surface area contributed by atoms with Crippen LogP contribution in [0.15, 0.2) is 47.6 Å². The summed E-state index contributed by atoms with van der Waals surface area (Å²) in [5, 5.41) is 4.62. The highest BCUT2D eigenvalue weighted by Crippen LogP contribution is 2.25. The summed E-state index contributed by atoms with van der Waals surface area (Å²) < 4.78 is 10.6. The van der Waals surface area contributed by atoms with Crippen molar-refractivity contribution in [2.24, 2.45) is 5.10 Å². The van der Waals surface area contributed by atoms with E-state index in [-0.39, 0.29) is 5.91 Å². The molecule has 0 radical (unpaired) electrons. The Morgan fingerprint density at radius 3 is 2.44 bits per heavy atom. The van der Waals surface area contributed by atoms with Crippen molar-refractivity contribution in [2.45, 2.75) is 20.3 Å². The standard InChI is InChI=1S/C19H21ClN2O3/c1-4-11-25-16-8-5-14(6-9-16)19(23)22-21-13(2)15-7-10-18(24-3)17(20)12-15/h5-10,12H,4,11H2,1-3H3,(H,22,23)/b21-13+. The van der Waals surface area contributed by atoms with Gasteiger partial charge in [0, 0.05) is 5.56 Å². The Hall–Kier alpha value is -2.53. The average molecular weight is 361 g/mol. The summed E-state index contributed by atoms with van der Waals surface area (Å²) in [5.41, 5.74) is 4.49. The lowest BCUT2D eigenvalue weighted by molar-refractivity contribution is 0.0955. The highest BCUT2D eigenvalue weighted by atomic mass is 35.5. The summed E-state index contributed by atoms with van der Waals surface area (Å²) >= 11 is 6.10. The number of nitrogens with one attached hydrogen (secondary N) is 1. The molecule has 2 aromatic carbocycles. The van der Waals surface area contributed by atoms with Crippen molar-refractivity contribution in [3.05, 3.63) is 58.6 Å². The Labute approximate surface area is 152 Å². The average Bonchev–Trinajstić information content (AvgIpc) is 2.64.